The molecule has 0 saturated heterocycles. The Balaban J connectivity index is 2.20. The lowest BCUT2D eigenvalue weighted by atomic mass is 10.1. The van der Waals surface area contributed by atoms with Gasteiger partial charge in [0.05, 0.1) is 5.02 Å². The van der Waals surface area contributed by atoms with Crippen LogP contribution in [0, 0.1) is 0 Å². The molecular weight excluding hydrogens is 258 g/mol. The number of anilines is 1. The fourth-order valence-electron chi connectivity index (χ4n) is 1.90. The van der Waals surface area contributed by atoms with Crippen LogP contribution in [0.3, 0.4) is 0 Å². The van der Waals surface area contributed by atoms with Crippen LogP contribution in [0.2, 0.25) is 5.02 Å². The number of amides is 1. The number of hydrogen-bond acceptors (Lipinski definition) is 1. The van der Waals surface area contributed by atoms with Crippen molar-refractivity contribution < 1.29 is 4.79 Å². The summed E-state index contributed by atoms with van der Waals surface area (Å²) in [6.45, 7) is 1.98. The van der Waals surface area contributed by atoms with Crippen LogP contribution in [0.15, 0.2) is 48.5 Å². The Bertz CT molecular complexity index is 566. The molecule has 0 aliphatic rings. The molecule has 19 heavy (non-hydrogen) atoms. The van der Waals surface area contributed by atoms with Crippen molar-refractivity contribution in [3.05, 3.63) is 53.6 Å². The quantitative estimate of drug-likeness (QED) is 0.856. The van der Waals surface area contributed by atoms with Crippen LogP contribution in [0.4, 0.5) is 5.69 Å². The van der Waals surface area contributed by atoms with E-state index in [1.807, 2.05) is 49.4 Å². The highest BCUT2D eigenvalue weighted by atomic mass is 35.5. The summed E-state index contributed by atoms with van der Waals surface area (Å²) in [5, 5.41) is 3.48. The summed E-state index contributed by atoms with van der Waals surface area (Å²) in [7, 11) is 0. The van der Waals surface area contributed by atoms with Crippen LogP contribution in [-0.2, 0) is 4.79 Å². The maximum Gasteiger partial charge on any atom is 0.224 e. The highest BCUT2D eigenvalue weighted by Gasteiger charge is 2.06. The van der Waals surface area contributed by atoms with Gasteiger partial charge in [-0.1, -0.05) is 54.9 Å². The largest absolute Gasteiger partial charge is 0.326 e. The first-order valence-electron chi connectivity index (χ1n) is 6.35. The fraction of sp³-hybridized carbons (Fsp3) is 0.188. The molecule has 0 heterocycles. The van der Waals surface area contributed by atoms with Crippen molar-refractivity contribution in [2.24, 2.45) is 0 Å². The van der Waals surface area contributed by atoms with Crippen molar-refractivity contribution >= 4 is 23.2 Å². The van der Waals surface area contributed by atoms with Gasteiger partial charge in [0, 0.05) is 17.7 Å². The van der Waals surface area contributed by atoms with Crippen molar-refractivity contribution in [3.63, 3.8) is 0 Å². The summed E-state index contributed by atoms with van der Waals surface area (Å²) in [5.74, 6) is 0.0195. The van der Waals surface area contributed by atoms with E-state index in [1.165, 1.54) is 0 Å². The average molecular weight is 274 g/mol. The molecule has 0 saturated carbocycles. The molecule has 0 fully saturated rings. The minimum Gasteiger partial charge on any atom is -0.326 e. The number of rotatable bonds is 4. The van der Waals surface area contributed by atoms with Crippen LogP contribution in [0.5, 0.6) is 0 Å². The second kappa shape index (κ2) is 6.39. The molecule has 0 aromatic heterocycles. The van der Waals surface area contributed by atoms with Gasteiger partial charge >= 0.3 is 0 Å². The molecule has 2 rings (SSSR count). The highest BCUT2D eigenvalue weighted by molar-refractivity contribution is 6.33. The van der Waals surface area contributed by atoms with Gasteiger partial charge in [0.2, 0.25) is 5.91 Å². The van der Waals surface area contributed by atoms with E-state index < -0.39 is 0 Å². The van der Waals surface area contributed by atoms with Gasteiger partial charge in [0.1, 0.15) is 0 Å². The Labute approximate surface area is 118 Å². The monoisotopic (exact) mass is 273 g/mol. The van der Waals surface area contributed by atoms with Crippen LogP contribution < -0.4 is 5.32 Å². The topological polar surface area (TPSA) is 29.1 Å². The normalized spacial score (nSPS) is 10.2. The summed E-state index contributed by atoms with van der Waals surface area (Å²) < 4.78 is 0. The number of nitrogens with one attached hydrogen (secondary N) is 1. The Kier molecular flexibility index (Phi) is 4.58. The Morgan fingerprint density at radius 3 is 2.53 bits per heavy atom. The van der Waals surface area contributed by atoms with Crippen LogP contribution in [0.25, 0.3) is 11.1 Å². The zero-order valence-corrected chi connectivity index (χ0v) is 11.6. The van der Waals surface area contributed by atoms with E-state index >= 15 is 0 Å². The predicted molar refractivity (Wildman–Crippen MR) is 80.4 cm³/mol. The summed E-state index contributed by atoms with van der Waals surface area (Å²) in [4.78, 5) is 11.5. The Morgan fingerprint density at radius 1 is 1.16 bits per heavy atom. The second-order valence-corrected chi connectivity index (χ2v) is 4.77. The molecule has 2 aromatic rings. The first kappa shape index (κ1) is 13.6. The van der Waals surface area contributed by atoms with Crippen LogP contribution in [-0.4, -0.2) is 5.91 Å². The van der Waals surface area contributed by atoms with E-state index in [0.717, 1.165) is 23.2 Å². The number of hydrogen-bond donors (Lipinski definition) is 1. The lowest BCUT2D eigenvalue weighted by Crippen LogP contribution is -2.10. The number of carbonyl (C=O) groups excluding carboxylic acids is 1. The van der Waals surface area contributed by atoms with Crippen molar-refractivity contribution in [1.29, 1.82) is 0 Å². The minimum absolute atomic E-state index is 0.0195. The average Bonchev–Trinajstić information content (AvgIpc) is 2.40. The molecule has 0 aliphatic carbocycles. The molecule has 0 bridgehead atoms. The molecule has 1 N–H and O–H groups in total. The third-order valence-electron chi connectivity index (χ3n) is 2.81. The molecule has 2 nitrogen and oxygen atoms in total. The highest BCUT2D eigenvalue weighted by Crippen LogP contribution is 2.30. The third-order valence-corrected chi connectivity index (χ3v) is 3.13. The predicted octanol–water partition coefficient (Wildman–Crippen LogP) is 4.75. The molecule has 1 amide bonds. The van der Waals surface area contributed by atoms with Crippen LogP contribution in [0.1, 0.15) is 19.8 Å². The van der Waals surface area contributed by atoms with Crippen molar-refractivity contribution in [2.45, 2.75) is 19.8 Å². The van der Waals surface area contributed by atoms with Gasteiger partial charge in [-0.25, -0.2) is 0 Å². The smallest absolute Gasteiger partial charge is 0.224 e. The van der Waals surface area contributed by atoms with Crippen LogP contribution >= 0.6 is 11.6 Å². The van der Waals surface area contributed by atoms with Gasteiger partial charge in [0.25, 0.3) is 0 Å². The SMILES string of the molecule is CCCC(=O)Nc1ccc(-c2ccccc2)c(Cl)c1. The maximum atomic E-state index is 11.5. The zero-order chi connectivity index (χ0) is 13.7. The van der Waals surface area contributed by atoms with E-state index in [9.17, 15) is 4.79 Å². The lowest BCUT2D eigenvalue weighted by molar-refractivity contribution is -0.116. The fourth-order valence-corrected chi connectivity index (χ4v) is 2.18. The molecule has 0 spiro atoms. The zero-order valence-electron chi connectivity index (χ0n) is 10.8. The van der Waals surface area contributed by atoms with Gasteiger partial charge in [-0.15, -0.1) is 0 Å². The van der Waals surface area contributed by atoms with E-state index in [4.69, 9.17) is 11.6 Å². The van der Waals surface area contributed by atoms with E-state index in [0.29, 0.717) is 11.4 Å². The molecule has 0 atom stereocenters. The van der Waals surface area contributed by atoms with E-state index in [1.54, 1.807) is 6.07 Å². The molecule has 0 unspecified atom stereocenters. The molecular formula is C16H16ClNO. The first-order valence-corrected chi connectivity index (χ1v) is 6.73. The molecule has 0 radical (unpaired) electrons. The molecule has 0 aliphatic heterocycles. The standard InChI is InChI=1S/C16H16ClNO/c1-2-6-16(19)18-13-9-10-14(15(17)11-13)12-7-4-3-5-8-12/h3-5,7-11H,2,6H2,1H3,(H,18,19). The van der Waals surface area contributed by atoms with Crippen molar-refractivity contribution in [3.8, 4) is 11.1 Å². The van der Waals surface area contributed by atoms with Gasteiger partial charge < -0.3 is 5.32 Å². The second-order valence-electron chi connectivity index (χ2n) is 4.36. The van der Waals surface area contributed by atoms with Crippen molar-refractivity contribution in [1.82, 2.24) is 0 Å². The summed E-state index contributed by atoms with van der Waals surface area (Å²) in [5.41, 5.74) is 2.78. The molecule has 98 valence electrons. The molecule has 3 heteroatoms. The van der Waals surface area contributed by atoms with Gasteiger partial charge in [-0.2, -0.15) is 0 Å². The summed E-state index contributed by atoms with van der Waals surface area (Å²) in [6, 6.07) is 15.5. The number of halogens is 1. The Morgan fingerprint density at radius 2 is 1.89 bits per heavy atom. The maximum absolute atomic E-state index is 11.5. The Hall–Kier alpha value is -1.80. The van der Waals surface area contributed by atoms with E-state index in [2.05, 4.69) is 5.32 Å². The number of carbonyl (C=O) groups is 1. The summed E-state index contributed by atoms with van der Waals surface area (Å²) in [6.07, 6.45) is 1.36. The number of benzene rings is 2. The summed E-state index contributed by atoms with van der Waals surface area (Å²) >= 11 is 6.27. The van der Waals surface area contributed by atoms with E-state index in [-0.39, 0.29) is 5.91 Å². The third kappa shape index (κ3) is 3.58. The molecule has 2 aromatic carbocycles. The van der Waals surface area contributed by atoms with Gasteiger partial charge in [-0.3, -0.25) is 4.79 Å². The van der Waals surface area contributed by atoms with Gasteiger partial charge in [-0.05, 0) is 24.1 Å². The first-order chi connectivity index (χ1) is 9.20. The van der Waals surface area contributed by atoms with Crippen molar-refractivity contribution in [2.75, 3.05) is 5.32 Å². The van der Waals surface area contributed by atoms with Gasteiger partial charge in [0.15, 0.2) is 0 Å². The lowest BCUT2D eigenvalue weighted by Gasteiger charge is -2.08. The minimum atomic E-state index is 0.0195.